The molecule has 2 N–H and O–H groups in total. The maximum atomic E-state index is 12.4. The topological polar surface area (TPSA) is 49.8 Å². The second kappa shape index (κ2) is 6.83. The Morgan fingerprint density at radius 1 is 1.36 bits per heavy atom. The van der Waals surface area contributed by atoms with Gasteiger partial charge in [-0.1, -0.05) is 6.92 Å². The first-order valence-corrected chi connectivity index (χ1v) is 7.84. The first kappa shape index (κ1) is 14.9. The van der Waals surface area contributed by atoms with E-state index in [0.29, 0.717) is 18.3 Å². The van der Waals surface area contributed by atoms with E-state index >= 15 is 0 Å². The van der Waals surface area contributed by atoms with Gasteiger partial charge in [0.05, 0.1) is 11.8 Å². The van der Waals surface area contributed by atoms with Crippen molar-refractivity contribution in [3.63, 3.8) is 0 Å². The van der Waals surface area contributed by atoms with Crippen molar-refractivity contribution in [2.24, 2.45) is 0 Å². The van der Waals surface area contributed by atoms with Gasteiger partial charge in [0.2, 0.25) is 5.95 Å². The summed E-state index contributed by atoms with van der Waals surface area (Å²) < 4.78 is 12.4. The molecule has 2 heterocycles. The van der Waals surface area contributed by atoms with Crippen LogP contribution in [-0.2, 0) is 6.42 Å². The Labute approximate surface area is 129 Å². The molecule has 116 valence electrons. The Morgan fingerprint density at radius 3 is 2.91 bits per heavy atom. The largest absolute Gasteiger partial charge is 0.351 e. The zero-order chi connectivity index (χ0) is 15.4. The highest BCUT2D eigenvalue weighted by molar-refractivity contribution is 5.84. The van der Waals surface area contributed by atoms with Crippen LogP contribution in [0.4, 0.5) is 10.3 Å². The number of nitrogens with one attached hydrogen (secondary N) is 2. The number of nitrogens with zero attached hydrogens (tertiary/aromatic N) is 2. The Bertz CT molecular complexity index is 678. The van der Waals surface area contributed by atoms with Crippen LogP contribution >= 0.6 is 0 Å². The number of benzene rings is 1. The molecule has 0 amide bonds. The number of rotatable bonds is 4. The maximum absolute atomic E-state index is 12.4. The maximum Gasteiger partial charge on any atom is 0.223 e. The highest BCUT2D eigenvalue weighted by Crippen LogP contribution is 2.22. The van der Waals surface area contributed by atoms with E-state index in [4.69, 9.17) is 0 Å². The third-order valence-electron chi connectivity index (χ3n) is 4.09. The molecule has 5 heteroatoms. The molecule has 0 aliphatic carbocycles. The van der Waals surface area contributed by atoms with Gasteiger partial charge in [-0.3, -0.25) is 0 Å². The Balaban J connectivity index is 1.92. The van der Waals surface area contributed by atoms with Crippen LogP contribution in [-0.4, -0.2) is 29.1 Å². The number of aryl methyl sites for hydroxylation is 1. The van der Waals surface area contributed by atoms with Crippen LogP contribution in [0.15, 0.2) is 24.7 Å². The third-order valence-corrected chi connectivity index (χ3v) is 4.09. The van der Waals surface area contributed by atoms with Crippen molar-refractivity contribution >= 4 is 22.9 Å². The van der Waals surface area contributed by atoms with Crippen molar-refractivity contribution < 1.29 is 4.39 Å². The van der Waals surface area contributed by atoms with E-state index < -0.39 is 0 Å². The van der Waals surface area contributed by atoms with Crippen molar-refractivity contribution in [2.75, 3.05) is 18.4 Å². The predicted molar refractivity (Wildman–Crippen MR) is 88.6 cm³/mol. The van der Waals surface area contributed by atoms with E-state index in [1.807, 2.05) is 18.3 Å². The molecule has 1 aromatic carbocycles. The van der Waals surface area contributed by atoms with E-state index in [-0.39, 0.29) is 0 Å². The fraction of sp³-hybridized carbons (Fsp3) is 0.412. The number of aromatic nitrogens is 2. The van der Waals surface area contributed by atoms with Gasteiger partial charge in [-0.05, 0) is 61.7 Å². The minimum atomic E-state index is 0.428. The van der Waals surface area contributed by atoms with Gasteiger partial charge in [-0.25, -0.2) is 14.4 Å². The van der Waals surface area contributed by atoms with Crippen LogP contribution in [0, 0.1) is 0 Å². The third kappa shape index (κ3) is 3.25. The van der Waals surface area contributed by atoms with Crippen LogP contribution in [0.2, 0.25) is 0 Å². The van der Waals surface area contributed by atoms with Gasteiger partial charge in [0, 0.05) is 17.6 Å². The summed E-state index contributed by atoms with van der Waals surface area (Å²) in [6.45, 7) is 4.15. The van der Waals surface area contributed by atoms with Crippen LogP contribution in [0.3, 0.4) is 0 Å². The predicted octanol–water partition coefficient (Wildman–Crippen LogP) is 3.30. The van der Waals surface area contributed by atoms with Gasteiger partial charge >= 0.3 is 0 Å². The fourth-order valence-electron chi connectivity index (χ4n) is 2.90. The quantitative estimate of drug-likeness (QED) is 0.909. The molecule has 1 fully saturated rings. The average Bonchev–Trinajstić information content (AvgIpc) is 2.55. The summed E-state index contributed by atoms with van der Waals surface area (Å²) in [6.07, 6.45) is 6.87. The molecule has 3 rings (SSSR count). The van der Waals surface area contributed by atoms with E-state index in [0.717, 1.165) is 54.4 Å². The standard InChI is InChI=1S/C17H21FN4/c1-2-13-9-12(3-6-18)10-14-11-20-17(22-16(13)14)21-15-4-7-19-8-5-15/h3,6,9-11,15,19H,2,4-5,7-8H2,1H3,(H,20,21,22)/b6-3-. The summed E-state index contributed by atoms with van der Waals surface area (Å²) >= 11 is 0. The number of halogens is 1. The number of hydrogen-bond acceptors (Lipinski definition) is 4. The summed E-state index contributed by atoms with van der Waals surface area (Å²) in [5.41, 5.74) is 2.90. The minimum absolute atomic E-state index is 0.428. The summed E-state index contributed by atoms with van der Waals surface area (Å²) in [6, 6.07) is 4.33. The van der Waals surface area contributed by atoms with E-state index in [2.05, 4.69) is 27.5 Å². The van der Waals surface area contributed by atoms with E-state index in [1.165, 1.54) is 6.08 Å². The lowest BCUT2D eigenvalue weighted by molar-refractivity contribution is 0.477. The summed E-state index contributed by atoms with van der Waals surface area (Å²) in [5, 5.41) is 7.72. The zero-order valence-corrected chi connectivity index (χ0v) is 12.8. The molecule has 0 saturated carbocycles. The van der Waals surface area contributed by atoms with Gasteiger partial charge in [-0.15, -0.1) is 0 Å². The molecule has 2 aromatic rings. The lowest BCUT2D eigenvalue weighted by atomic mass is 10.0. The Morgan fingerprint density at radius 2 is 2.18 bits per heavy atom. The molecule has 1 aromatic heterocycles. The van der Waals surface area contributed by atoms with Gasteiger partial charge in [0.1, 0.15) is 0 Å². The smallest absolute Gasteiger partial charge is 0.223 e. The molecule has 0 atom stereocenters. The molecule has 22 heavy (non-hydrogen) atoms. The monoisotopic (exact) mass is 300 g/mol. The van der Waals surface area contributed by atoms with Gasteiger partial charge in [-0.2, -0.15) is 0 Å². The molecule has 1 aliphatic rings. The van der Waals surface area contributed by atoms with Crippen LogP contribution in [0.1, 0.15) is 30.9 Å². The van der Waals surface area contributed by atoms with Crippen molar-refractivity contribution in [2.45, 2.75) is 32.2 Å². The highest BCUT2D eigenvalue weighted by atomic mass is 19.1. The Kier molecular flexibility index (Phi) is 4.63. The highest BCUT2D eigenvalue weighted by Gasteiger charge is 2.14. The van der Waals surface area contributed by atoms with Crippen molar-refractivity contribution in [3.8, 4) is 0 Å². The molecule has 0 unspecified atom stereocenters. The average molecular weight is 300 g/mol. The summed E-state index contributed by atoms with van der Waals surface area (Å²) in [5.74, 6) is 0.683. The lowest BCUT2D eigenvalue weighted by Crippen LogP contribution is -2.35. The van der Waals surface area contributed by atoms with Crippen molar-refractivity contribution in [1.82, 2.24) is 15.3 Å². The van der Waals surface area contributed by atoms with E-state index in [9.17, 15) is 4.39 Å². The summed E-state index contributed by atoms with van der Waals surface area (Å²) in [7, 11) is 0. The summed E-state index contributed by atoms with van der Waals surface area (Å²) in [4.78, 5) is 9.10. The van der Waals surface area contributed by atoms with Gasteiger partial charge < -0.3 is 10.6 Å². The molecule has 0 bridgehead atoms. The molecular weight excluding hydrogens is 279 g/mol. The van der Waals surface area contributed by atoms with E-state index in [1.54, 1.807) is 0 Å². The van der Waals surface area contributed by atoms with Gasteiger partial charge in [0.25, 0.3) is 0 Å². The molecular formula is C17H21FN4. The van der Waals surface area contributed by atoms with Crippen LogP contribution in [0.25, 0.3) is 17.0 Å². The second-order valence-electron chi connectivity index (χ2n) is 5.63. The molecule has 0 spiro atoms. The fourth-order valence-corrected chi connectivity index (χ4v) is 2.90. The molecule has 4 nitrogen and oxygen atoms in total. The minimum Gasteiger partial charge on any atom is -0.351 e. The number of anilines is 1. The number of piperidine rings is 1. The normalized spacial score (nSPS) is 16.5. The number of hydrogen-bond donors (Lipinski definition) is 2. The van der Waals surface area contributed by atoms with Crippen LogP contribution in [0.5, 0.6) is 0 Å². The first-order valence-electron chi connectivity index (χ1n) is 7.84. The number of fused-ring (bicyclic) bond motifs is 1. The second-order valence-corrected chi connectivity index (χ2v) is 5.63. The first-order chi connectivity index (χ1) is 10.8. The molecule has 1 aliphatic heterocycles. The van der Waals surface area contributed by atoms with Crippen LogP contribution < -0.4 is 10.6 Å². The van der Waals surface area contributed by atoms with Crippen molar-refractivity contribution in [1.29, 1.82) is 0 Å². The molecule has 0 radical (unpaired) electrons. The van der Waals surface area contributed by atoms with Gasteiger partial charge in [0.15, 0.2) is 0 Å². The lowest BCUT2D eigenvalue weighted by Gasteiger charge is -2.23. The Hall–Kier alpha value is -2.01. The van der Waals surface area contributed by atoms with Crippen molar-refractivity contribution in [3.05, 3.63) is 35.8 Å². The molecule has 1 saturated heterocycles. The zero-order valence-electron chi connectivity index (χ0n) is 12.8. The SMILES string of the molecule is CCc1cc(/C=C\F)cc2cnc(NC3CCNCC3)nc12.